The molecule has 4 rings (SSSR count). The summed E-state index contributed by atoms with van der Waals surface area (Å²) in [6.45, 7) is 2.02. The second-order valence-corrected chi connectivity index (χ2v) is 7.25. The van der Waals surface area contributed by atoms with Crippen molar-refractivity contribution in [2.75, 3.05) is 5.32 Å². The first kappa shape index (κ1) is 17.4. The number of anilines is 2. The molecule has 7 heteroatoms. The predicted octanol–water partition coefficient (Wildman–Crippen LogP) is 5.69. The van der Waals surface area contributed by atoms with Crippen LogP contribution < -0.4 is 5.32 Å². The molecule has 4 aromatic rings. The average molecular weight is 513 g/mol. The van der Waals surface area contributed by atoms with Crippen LogP contribution >= 0.6 is 50.9 Å². The standard InChI is InChI=1S/C17H13IN4S.BrH/c1-11-16(22-9-3-2-4-15(22)19-11)14-10-23-17(21-14)20-13-7-5-12(18)6-8-13;/h2-10H,1H3,(H,20,21);1H. The highest BCUT2D eigenvalue weighted by Crippen LogP contribution is 2.29. The molecule has 0 saturated carbocycles. The van der Waals surface area contributed by atoms with Gasteiger partial charge >= 0.3 is 0 Å². The van der Waals surface area contributed by atoms with Gasteiger partial charge in [-0.25, -0.2) is 9.97 Å². The van der Waals surface area contributed by atoms with Gasteiger partial charge in [0.15, 0.2) is 5.13 Å². The number of aryl methyl sites for hydroxylation is 1. The van der Waals surface area contributed by atoms with Crippen molar-refractivity contribution in [2.45, 2.75) is 6.92 Å². The zero-order chi connectivity index (χ0) is 15.8. The van der Waals surface area contributed by atoms with Crippen LogP contribution in [0.1, 0.15) is 5.69 Å². The number of benzene rings is 1. The van der Waals surface area contributed by atoms with Crippen molar-refractivity contribution in [2.24, 2.45) is 0 Å². The van der Waals surface area contributed by atoms with E-state index in [0.29, 0.717) is 0 Å². The molecule has 3 heterocycles. The van der Waals surface area contributed by atoms with E-state index >= 15 is 0 Å². The van der Waals surface area contributed by atoms with E-state index in [1.54, 1.807) is 11.3 Å². The van der Waals surface area contributed by atoms with Crippen LogP contribution in [0.15, 0.2) is 54.0 Å². The largest absolute Gasteiger partial charge is 0.332 e. The molecule has 0 atom stereocenters. The normalized spacial score (nSPS) is 10.6. The highest BCUT2D eigenvalue weighted by molar-refractivity contribution is 14.1. The molecular weight excluding hydrogens is 499 g/mol. The molecule has 1 aromatic carbocycles. The van der Waals surface area contributed by atoms with Crippen LogP contribution in [-0.4, -0.2) is 14.4 Å². The van der Waals surface area contributed by atoms with Crippen LogP contribution in [0, 0.1) is 10.5 Å². The quantitative estimate of drug-likeness (QED) is 0.358. The number of pyridine rings is 1. The van der Waals surface area contributed by atoms with Gasteiger partial charge in [0.25, 0.3) is 0 Å². The third-order valence-electron chi connectivity index (χ3n) is 3.55. The smallest absolute Gasteiger partial charge is 0.187 e. The Balaban J connectivity index is 0.00000169. The van der Waals surface area contributed by atoms with E-state index in [0.717, 1.165) is 33.5 Å². The molecule has 122 valence electrons. The summed E-state index contributed by atoms with van der Waals surface area (Å²) in [5.41, 5.74) is 4.97. The van der Waals surface area contributed by atoms with Gasteiger partial charge in [0, 0.05) is 20.8 Å². The van der Waals surface area contributed by atoms with Crippen molar-refractivity contribution in [1.29, 1.82) is 0 Å². The fourth-order valence-corrected chi connectivity index (χ4v) is 3.59. The maximum atomic E-state index is 4.73. The first-order valence-electron chi connectivity index (χ1n) is 7.13. The van der Waals surface area contributed by atoms with Gasteiger partial charge in [0.1, 0.15) is 11.3 Å². The zero-order valence-electron chi connectivity index (χ0n) is 12.7. The van der Waals surface area contributed by atoms with Crippen LogP contribution in [0.3, 0.4) is 0 Å². The van der Waals surface area contributed by atoms with Gasteiger partial charge in [-0.3, -0.25) is 4.40 Å². The molecule has 0 bridgehead atoms. The summed E-state index contributed by atoms with van der Waals surface area (Å²) in [5, 5.41) is 6.30. The second-order valence-electron chi connectivity index (χ2n) is 5.14. The molecule has 0 spiro atoms. The van der Waals surface area contributed by atoms with Crippen molar-refractivity contribution in [3.05, 3.63) is 63.3 Å². The van der Waals surface area contributed by atoms with E-state index < -0.39 is 0 Å². The van der Waals surface area contributed by atoms with E-state index in [1.807, 2.05) is 31.3 Å². The Kier molecular flexibility index (Phi) is 5.21. The van der Waals surface area contributed by atoms with Crippen LogP contribution in [0.25, 0.3) is 17.0 Å². The molecule has 4 nitrogen and oxygen atoms in total. The number of hydrogen-bond donors (Lipinski definition) is 1. The fraction of sp³-hybridized carbons (Fsp3) is 0.0588. The minimum Gasteiger partial charge on any atom is -0.332 e. The summed E-state index contributed by atoms with van der Waals surface area (Å²) >= 11 is 3.90. The molecule has 24 heavy (non-hydrogen) atoms. The van der Waals surface area contributed by atoms with Gasteiger partial charge in [-0.2, -0.15) is 0 Å². The number of imidazole rings is 1. The summed E-state index contributed by atoms with van der Waals surface area (Å²) in [5.74, 6) is 0. The summed E-state index contributed by atoms with van der Waals surface area (Å²) in [6.07, 6.45) is 2.02. The van der Waals surface area contributed by atoms with Crippen molar-refractivity contribution in [3.63, 3.8) is 0 Å². The third-order valence-corrected chi connectivity index (χ3v) is 5.02. The van der Waals surface area contributed by atoms with Crippen LogP contribution in [-0.2, 0) is 0 Å². The Morgan fingerprint density at radius 2 is 1.88 bits per heavy atom. The summed E-state index contributed by atoms with van der Waals surface area (Å²) in [6, 6.07) is 14.3. The van der Waals surface area contributed by atoms with Crippen molar-refractivity contribution in [1.82, 2.24) is 14.4 Å². The number of nitrogens with one attached hydrogen (secondary N) is 1. The third kappa shape index (κ3) is 3.33. The molecule has 0 aliphatic heterocycles. The lowest BCUT2D eigenvalue weighted by Gasteiger charge is -2.02. The number of hydrogen-bond acceptors (Lipinski definition) is 4. The fourth-order valence-electron chi connectivity index (χ4n) is 2.52. The molecule has 0 aliphatic carbocycles. The number of halogens is 2. The van der Waals surface area contributed by atoms with Crippen molar-refractivity contribution in [3.8, 4) is 11.4 Å². The molecular formula is C17H14BrIN4S. The Bertz CT molecular complexity index is 978. The Hall–Kier alpha value is -1.45. The van der Waals surface area contributed by atoms with Gasteiger partial charge < -0.3 is 5.32 Å². The second kappa shape index (κ2) is 7.20. The van der Waals surface area contributed by atoms with E-state index in [-0.39, 0.29) is 17.0 Å². The number of rotatable bonds is 3. The van der Waals surface area contributed by atoms with Crippen LogP contribution in [0.2, 0.25) is 0 Å². The summed E-state index contributed by atoms with van der Waals surface area (Å²) < 4.78 is 3.30. The SMILES string of the molecule is Br.Cc1nc2ccccn2c1-c1csc(Nc2ccc(I)cc2)n1. The van der Waals surface area contributed by atoms with Gasteiger partial charge in [-0.05, 0) is 65.9 Å². The predicted molar refractivity (Wildman–Crippen MR) is 114 cm³/mol. The highest BCUT2D eigenvalue weighted by atomic mass is 127. The minimum absolute atomic E-state index is 0. The Morgan fingerprint density at radius 3 is 2.67 bits per heavy atom. The van der Waals surface area contributed by atoms with Crippen LogP contribution in [0.5, 0.6) is 0 Å². The number of fused-ring (bicyclic) bond motifs is 1. The topological polar surface area (TPSA) is 42.2 Å². The lowest BCUT2D eigenvalue weighted by Crippen LogP contribution is -1.91. The average Bonchev–Trinajstić information content (AvgIpc) is 3.12. The van der Waals surface area contributed by atoms with E-state index in [2.05, 4.69) is 66.9 Å². The minimum atomic E-state index is 0. The van der Waals surface area contributed by atoms with Crippen molar-refractivity contribution < 1.29 is 0 Å². The van der Waals surface area contributed by atoms with Gasteiger partial charge in [-0.15, -0.1) is 28.3 Å². The maximum absolute atomic E-state index is 4.73. The molecule has 0 unspecified atom stereocenters. The van der Waals surface area contributed by atoms with Crippen LogP contribution in [0.4, 0.5) is 10.8 Å². The van der Waals surface area contributed by atoms with E-state index in [9.17, 15) is 0 Å². The zero-order valence-corrected chi connectivity index (χ0v) is 17.4. The van der Waals surface area contributed by atoms with Gasteiger partial charge in [0.2, 0.25) is 0 Å². The molecule has 0 fully saturated rings. The Labute approximate surface area is 167 Å². The van der Waals surface area contributed by atoms with Gasteiger partial charge in [-0.1, -0.05) is 6.07 Å². The number of aromatic nitrogens is 3. The number of nitrogens with zero attached hydrogens (tertiary/aromatic N) is 3. The molecule has 0 amide bonds. The first-order chi connectivity index (χ1) is 11.2. The molecule has 3 aromatic heterocycles. The molecule has 0 radical (unpaired) electrons. The highest BCUT2D eigenvalue weighted by Gasteiger charge is 2.13. The Morgan fingerprint density at radius 1 is 1.08 bits per heavy atom. The monoisotopic (exact) mass is 512 g/mol. The molecule has 1 N–H and O–H groups in total. The van der Waals surface area contributed by atoms with E-state index in [1.165, 1.54) is 3.57 Å². The summed E-state index contributed by atoms with van der Waals surface area (Å²) in [7, 11) is 0. The first-order valence-corrected chi connectivity index (χ1v) is 9.09. The lowest BCUT2D eigenvalue weighted by atomic mass is 10.3. The van der Waals surface area contributed by atoms with E-state index in [4.69, 9.17) is 4.98 Å². The molecule has 0 aliphatic rings. The molecule has 0 saturated heterocycles. The van der Waals surface area contributed by atoms with Gasteiger partial charge in [0.05, 0.1) is 11.4 Å². The maximum Gasteiger partial charge on any atom is 0.187 e. The summed E-state index contributed by atoms with van der Waals surface area (Å²) in [4.78, 5) is 9.32. The lowest BCUT2D eigenvalue weighted by molar-refractivity contribution is 1.17. The number of thiazole rings is 1. The van der Waals surface area contributed by atoms with Crippen molar-refractivity contribution >= 4 is 67.4 Å².